The molecule has 1 fully saturated rings. The number of hydrogen-bond acceptors (Lipinski definition) is 4. The van der Waals surface area contributed by atoms with Crippen molar-refractivity contribution in [1.29, 1.82) is 0 Å². The molecule has 1 N–H and O–H groups in total. The van der Waals surface area contributed by atoms with Gasteiger partial charge in [0.15, 0.2) is 0 Å². The van der Waals surface area contributed by atoms with Gasteiger partial charge in [0.05, 0.1) is 17.5 Å². The van der Waals surface area contributed by atoms with E-state index in [0.29, 0.717) is 11.3 Å². The fourth-order valence-electron chi connectivity index (χ4n) is 2.80. The highest BCUT2D eigenvalue weighted by Gasteiger charge is 2.27. The van der Waals surface area contributed by atoms with Crippen LogP contribution in [-0.4, -0.2) is 38.2 Å². The van der Waals surface area contributed by atoms with Crippen molar-refractivity contribution in [3.05, 3.63) is 50.9 Å². The highest BCUT2D eigenvalue weighted by molar-refractivity contribution is 7.16. The summed E-state index contributed by atoms with van der Waals surface area (Å²) in [5.74, 6) is 0.289. The molecule has 6 heteroatoms. The number of nitrogens with zero attached hydrogens (tertiary/aromatic N) is 1. The number of rotatable bonds is 4. The van der Waals surface area contributed by atoms with Crippen LogP contribution in [0.3, 0.4) is 0 Å². The smallest absolute Gasteiger partial charge is 0.132 e. The summed E-state index contributed by atoms with van der Waals surface area (Å²) < 4.78 is 20.4. The Labute approximate surface area is 138 Å². The van der Waals surface area contributed by atoms with Crippen molar-refractivity contribution in [1.82, 2.24) is 10.2 Å². The Hall–Kier alpha value is -1.14. The number of piperazine rings is 1. The van der Waals surface area contributed by atoms with Crippen LogP contribution in [-0.2, 0) is 0 Å². The van der Waals surface area contributed by atoms with Gasteiger partial charge in [0, 0.05) is 42.7 Å². The molecule has 1 aromatic carbocycles. The maximum absolute atomic E-state index is 14.6. The van der Waals surface area contributed by atoms with E-state index in [4.69, 9.17) is 16.3 Å². The Kier molecular flexibility index (Phi) is 4.98. The predicted molar refractivity (Wildman–Crippen MR) is 88.6 cm³/mol. The van der Waals surface area contributed by atoms with Gasteiger partial charge in [-0.25, -0.2) is 4.39 Å². The third-order valence-corrected chi connectivity index (χ3v) is 5.17. The van der Waals surface area contributed by atoms with Crippen molar-refractivity contribution in [3.8, 4) is 5.75 Å². The summed E-state index contributed by atoms with van der Waals surface area (Å²) in [6.07, 6.45) is 0. The van der Waals surface area contributed by atoms with Gasteiger partial charge in [0.2, 0.25) is 0 Å². The highest BCUT2D eigenvalue weighted by Crippen LogP contribution is 2.37. The lowest BCUT2D eigenvalue weighted by Crippen LogP contribution is -2.45. The molecule has 1 atom stereocenters. The first-order valence-corrected chi connectivity index (χ1v) is 8.42. The SMILES string of the molecule is COc1ccc([C@H](c2ccc(Cl)s2)N2CCNCC2)c(F)c1. The van der Waals surface area contributed by atoms with Gasteiger partial charge in [0.25, 0.3) is 0 Å². The van der Waals surface area contributed by atoms with Gasteiger partial charge in [-0.1, -0.05) is 17.7 Å². The topological polar surface area (TPSA) is 24.5 Å². The number of halogens is 2. The normalized spacial score (nSPS) is 17.4. The van der Waals surface area contributed by atoms with Crippen LogP contribution in [0.1, 0.15) is 16.5 Å². The average Bonchev–Trinajstić information content (AvgIpc) is 2.96. The van der Waals surface area contributed by atoms with Crippen molar-refractivity contribution in [2.24, 2.45) is 0 Å². The van der Waals surface area contributed by atoms with Gasteiger partial charge >= 0.3 is 0 Å². The summed E-state index contributed by atoms with van der Waals surface area (Å²) in [5, 5.41) is 3.33. The molecule has 1 aliphatic rings. The molecule has 22 heavy (non-hydrogen) atoms. The maximum Gasteiger partial charge on any atom is 0.132 e. The van der Waals surface area contributed by atoms with Crippen LogP contribution in [0.15, 0.2) is 30.3 Å². The summed E-state index contributed by atoms with van der Waals surface area (Å²) in [6, 6.07) is 8.82. The third-order valence-electron chi connectivity index (χ3n) is 3.88. The Morgan fingerprint density at radius 3 is 2.64 bits per heavy atom. The summed E-state index contributed by atoms with van der Waals surface area (Å²) in [7, 11) is 1.54. The number of hydrogen-bond donors (Lipinski definition) is 1. The van der Waals surface area contributed by atoms with Gasteiger partial charge in [-0.05, 0) is 18.2 Å². The van der Waals surface area contributed by atoms with Crippen molar-refractivity contribution >= 4 is 22.9 Å². The minimum atomic E-state index is -0.243. The van der Waals surface area contributed by atoms with Crippen LogP contribution < -0.4 is 10.1 Å². The molecule has 0 amide bonds. The Morgan fingerprint density at radius 1 is 1.27 bits per heavy atom. The molecule has 1 saturated heterocycles. The zero-order valence-electron chi connectivity index (χ0n) is 12.3. The van der Waals surface area contributed by atoms with Crippen LogP contribution in [0, 0.1) is 5.82 Å². The van der Waals surface area contributed by atoms with Crippen molar-refractivity contribution < 1.29 is 9.13 Å². The van der Waals surface area contributed by atoms with Crippen LogP contribution in [0.5, 0.6) is 5.75 Å². The molecule has 3 rings (SSSR count). The molecule has 2 aromatic rings. The molecule has 1 aromatic heterocycles. The van der Waals surface area contributed by atoms with Gasteiger partial charge in [-0.3, -0.25) is 4.90 Å². The van der Waals surface area contributed by atoms with Crippen LogP contribution in [0.4, 0.5) is 4.39 Å². The molecule has 0 unspecified atom stereocenters. The number of thiophene rings is 1. The summed E-state index contributed by atoms with van der Waals surface area (Å²) in [5.41, 5.74) is 0.668. The van der Waals surface area contributed by atoms with E-state index >= 15 is 0 Å². The number of benzene rings is 1. The van der Waals surface area contributed by atoms with Crippen LogP contribution >= 0.6 is 22.9 Å². The van der Waals surface area contributed by atoms with E-state index in [1.165, 1.54) is 17.4 Å². The lowest BCUT2D eigenvalue weighted by molar-refractivity contribution is 0.197. The van der Waals surface area contributed by atoms with Crippen LogP contribution in [0.25, 0.3) is 0 Å². The summed E-state index contributed by atoms with van der Waals surface area (Å²) >= 11 is 7.60. The van der Waals surface area contributed by atoms with E-state index in [-0.39, 0.29) is 11.9 Å². The predicted octanol–water partition coefficient (Wildman–Crippen LogP) is 3.54. The van der Waals surface area contributed by atoms with Crippen LogP contribution in [0.2, 0.25) is 4.34 Å². The van der Waals surface area contributed by atoms with E-state index in [1.54, 1.807) is 7.11 Å². The molecule has 0 saturated carbocycles. The molecular formula is C16H18ClFN2OS. The molecule has 0 spiro atoms. The first-order chi connectivity index (χ1) is 10.7. The Bertz CT molecular complexity index is 643. The van der Waals surface area contributed by atoms with Crippen molar-refractivity contribution in [2.45, 2.75) is 6.04 Å². The first kappa shape index (κ1) is 15.7. The number of ether oxygens (including phenoxy) is 1. The third kappa shape index (κ3) is 3.27. The molecule has 0 aliphatic carbocycles. The van der Waals surface area contributed by atoms with E-state index in [0.717, 1.165) is 35.4 Å². The number of methoxy groups -OCH3 is 1. The quantitative estimate of drug-likeness (QED) is 0.921. The minimum absolute atomic E-state index is 0.106. The van der Waals surface area contributed by atoms with Crippen molar-refractivity contribution in [3.63, 3.8) is 0 Å². The van der Waals surface area contributed by atoms with E-state index in [2.05, 4.69) is 10.2 Å². The fraction of sp³-hybridized carbons (Fsp3) is 0.375. The molecule has 118 valence electrons. The van der Waals surface area contributed by atoms with E-state index in [1.807, 2.05) is 24.3 Å². The summed E-state index contributed by atoms with van der Waals surface area (Å²) in [4.78, 5) is 3.36. The highest BCUT2D eigenvalue weighted by atomic mass is 35.5. The molecule has 2 heterocycles. The molecule has 1 aliphatic heterocycles. The second-order valence-electron chi connectivity index (χ2n) is 5.22. The Morgan fingerprint density at radius 2 is 2.05 bits per heavy atom. The zero-order chi connectivity index (χ0) is 15.5. The first-order valence-electron chi connectivity index (χ1n) is 7.22. The lowest BCUT2D eigenvalue weighted by atomic mass is 10.0. The molecular weight excluding hydrogens is 323 g/mol. The zero-order valence-corrected chi connectivity index (χ0v) is 13.9. The monoisotopic (exact) mass is 340 g/mol. The Balaban J connectivity index is 2.00. The molecule has 3 nitrogen and oxygen atoms in total. The standard InChI is InChI=1S/C16H18ClFN2OS/c1-21-11-2-3-12(13(18)10-11)16(14-4-5-15(17)22-14)20-8-6-19-7-9-20/h2-5,10,16,19H,6-9H2,1H3/t16-/m1/s1. The van der Waals surface area contributed by atoms with Gasteiger partial charge < -0.3 is 10.1 Å². The van der Waals surface area contributed by atoms with E-state index < -0.39 is 0 Å². The maximum atomic E-state index is 14.6. The second kappa shape index (κ2) is 6.96. The second-order valence-corrected chi connectivity index (χ2v) is 6.96. The van der Waals surface area contributed by atoms with E-state index in [9.17, 15) is 4.39 Å². The van der Waals surface area contributed by atoms with Gasteiger partial charge in [0.1, 0.15) is 11.6 Å². The number of nitrogens with one attached hydrogen (secondary N) is 1. The van der Waals surface area contributed by atoms with Gasteiger partial charge in [-0.15, -0.1) is 11.3 Å². The largest absolute Gasteiger partial charge is 0.497 e. The lowest BCUT2D eigenvalue weighted by Gasteiger charge is -2.35. The molecule has 0 radical (unpaired) electrons. The van der Waals surface area contributed by atoms with Crippen molar-refractivity contribution in [2.75, 3.05) is 33.3 Å². The van der Waals surface area contributed by atoms with Gasteiger partial charge in [-0.2, -0.15) is 0 Å². The summed E-state index contributed by atoms with van der Waals surface area (Å²) in [6.45, 7) is 3.58. The average molecular weight is 341 g/mol. The fourth-order valence-corrected chi connectivity index (χ4v) is 4.02. The molecule has 0 bridgehead atoms. The minimum Gasteiger partial charge on any atom is -0.497 e.